The molecule has 0 bridgehead atoms. The van der Waals surface area contributed by atoms with Gasteiger partial charge in [0.2, 0.25) is 5.13 Å². The molecule has 1 amide bonds. The van der Waals surface area contributed by atoms with Gasteiger partial charge in [0, 0.05) is 30.1 Å². The first-order valence-corrected chi connectivity index (χ1v) is 9.28. The van der Waals surface area contributed by atoms with Crippen molar-refractivity contribution in [1.29, 1.82) is 0 Å². The second kappa shape index (κ2) is 8.47. The Hall–Kier alpha value is -3.18. The number of carbonyl (C=O) groups excluding carboxylic acids is 2. The Morgan fingerprint density at radius 1 is 1.15 bits per heavy atom. The van der Waals surface area contributed by atoms with E-state index in [0.29, 0.717) is 20.6 Å². The number of hydrogen-bond acceptors (Lipinski definition) is 9. The Kier molecular flexibility index (Phi) is 5.84. The summed E-state index contributed by atoms with van der Waals surface area (Å²) in [6.07, 6.45) is 3.01. The first-order valence-electron chi connectivity index (χ1n) is 7.48. The fourth-order valence-corrected chi connectivity index (χ4v) is 3.61. The molecule has 11 heteroatoms. The number of pyridine rings is 1. The van der Waals surface area contributed by atoms with Gasteiger partial charge in [-0.05, 0) is 24.3 Å². The SMILES string of the molecule is O=C(CSc1nnc(NC(=O)c2cccnc2)s1)c1ccc([N+](=O)[O-])cc1. The van der Waals surface area contributed by atoms with E-state index in [2.05, 4.69) is 20.5 Å². The van der Waals surface area contributed by atoms with Crippen molar-refractivity contribution in [1.82, 2.24) is 15.2 Å². The lowest BCUT2D eigenvalue weighted by atomic mass is 10.1. The minimum atomic E-state index is -0.522. The van der Waals surface area contributed by atoms with E-state index in [1.807, 2.05) is 0 Å². The first kappa shape index (κ1) is 18.6. The number of thioether (sulfide) groups is 1. The molecular formula is C16H11N5O4S2. The zero-order valence-electron chi connectivity index (χ0n) is 13.6. The van der Waals surface area contributed by atoms with Crippen LogP contribution in [0.1, 0.15) is 20.7 Å². The van der Waals surface area contributed by atoms with Crippen LogP contribution in [0, 0.1) is 10.1 Å². The van der Waals surface area contributed by atoms with Crippen LogP contribution in [0.5, 0.6) is 0 Å². The summed E-state index contributed by atoms with van der Waals surface area (Å²) in [7, 11) is 0. The number of nitrogens with one attached hydrogen (secondary N) is 1. The van der Waals surface area contributed by atoms with Crippen LogP contribution in [0.15, 0.2) is 53.1 Å². The van der Waals surface area contributed by atoms with Crippen LogP contribution in [0.25, 0.3) is 0 Å². The molecular weight excluding hydrogens is 390 g/mol. The molecule has 0 atom stereocenters. The standard InChI is InChI=1S/C16H11N5O4S2/c22-13(10-3-5-12(6-4-10)21(24)25)9-26-16-20-19-15(27-16)18-14(23)11-2-1-7-17-8-11/h1-8H,9H2,(H,18,19,23). The molecule has 3 rings (SSSR count). The van der Waals surface area contributed by atoms with Crippen molar-refractivity contribution in [3.05, 3.63) is 70.0 Å². The van der Waals surface area contributed by atoms with Gasteiger partial charge in [-0.15, -0.1) is 10.2 Å². The van der Waals surface area contributed by atoms with Crippen LogP contribution in [0.4, 0.5) is 10.8 Å². The average molecular weight is 401 g/mol. The van der Waals surface area contributed by atoms with E-state index in [4.69, 9.17) is 0 Å². The first-order chi connectivity index (χ1) is 13.0. The molecule has 0 saturated heterocycles. The summed E-state index contributed by atoms with van der Waals surface area (Å²) < 4.78 is 0.520. The highest BCUT2D eigenvalue weighted by molar-refractivity contribution is 8.01. The van der Waals surface area contributed by atoms with Gasteiger partial charge < -0.3 is 0 Å². The number of nitrogens with zero attached hydrogens (tertiary/aromatic N) is 4. The molecule has 3 aromatic rings. The minimum Gasteiger partial charge on any atom is -0.296 e. The summed E-state index contributed by atoms with van der Waals surface area (Å²) in [5, 5.41) is 21.4. The lowest BCUT2D eigenvalue weighted by Crippen LogP contribution is -2.11. The van der Waals surface area contributed by atoms with Gasteiger partial charge in [0.1, 0.15) is 0 Å². The van der Waals surface area contributed by atoms with E-state index >= 15 is 0 Å². The van der Waals surface area contributed by atoms with E-state index in [0.717, 1.165) is 11.3 Å². The van der Waals surface area contributed by atoms with Gasteiger partial charge in [-0.3, -0.25) is 30.0 Å². The molecule has 1 aromatic carbocycles. The molecule has 0 aliphatic heterocycles. The number of Topliss-reactive ketones (excluding diaryl/α,β-unsaturated/α-hetero) is 1. The predicted octanol–water partition coefficient (Wildman–Crippen LogP) is 3.07. The van der Waals surface area contributed by atoms with Crippen LogP contribution in [-0.4, -0.2) is 37.5 Å². The second-order valence-corrected chi connectivity index (χ2v) is 7.28. The zero-order valence-corrected chi connectivity index (χ0v) is 15.2. The maximum absolute atomic E-state index is 12.2. The van der Waals surface area contributed by atoms with Gasteiger partial charge in [0.05, 0.1) is 16.2 Å². The molecule has 1 N–H and O–H groups in total. The number of nitro benzene ring substituents is 1. The molecule has 0 unspecified atom stereocenters. The smallest absolute Gasteiger partial charge is 0.269 e. The second-order valence-electron chi connectivity index (χ2n) is 5.08. The van der Waals surface area contributed by atoms with Gasteiger partial charge in [-0.1, -0.05) is 23.1 Å². The Labute approximate surface area is 161 Å². The Bertz CT molecular complexity index is 976. The Balaban J connectivity index is 1.55. The summed E-state index contributed by atoms with van der Waals surface area (Å²) >= 11 is 2.32. The van der Waals surface area contributed by atoms with Crippen molar-refractivity contribution >= 4 is 45.6 Å². The molecule has 136 valence electrons. The average Bonchev–Trinajstić information content (AvgIpc) is 3.14. The molecule has 27 heavy (non-hydrogen) atoms. The fourth-order valence-electron chi connectivity index (χ4n) is 1.96. The highest BCUT2D eigenvalue weighted by atomic mass is 32.2. The van der Waals surface area contributed by atoms with Crippen LogP contribution >= 0.6 is 23.1 Å². The number of ketones is 1. The number of carbonyl (C=O) groups is 2. The number of aromatic nitrogens is 3. The van der Waals surface area contributed by atoms with Gasteiger partial charge in [-0.25, -0.2) is 0 Å². The van der Waals surface area contributed by atoms with E-state index in [-0.39, 0.29) is 23.1 Å². The van der Waals surface area contributed by atoms with E-state index in [9.17, 15) is 19.7 Å². The Morgan fingerprint density at radius 3 is 2.59 bits per heavy atom. The third kappa shape index (κ3) is 4.92. The van der Waals surface area contributed by atoms with Gasteiger partial charge >= 0.3 is 0 Å². The molecule has 2 aromatic heterocycles. The van der Waals surface area contributed by atoms with E-state index in [1.165, 1.54) is 42.2 Å². The van der Waals surface area contributed by atoms with Crippen molar-refractivity contribution in [3.63, 3.8) is 0 Å². The van der Waals surface area contributed by atoms with Crippen molar-refractivity contribution in [2.75, 3.05) is 11.1 Å². The van der Waals surface area contributed by atoms with Crippen LogP contribution in [0.2, 0.25) is 0 Å². The fraction of sp³-hybridized carbons (Fsp3) is 0.0625. The van der Waals surface area contributed by atoms with Crippen molar-refractivity contribution in [2.24, 2.45) is 0 Å². The van der Waals surface area contributed by atoms with Gasteiger partial charge in [0.25, 0.3) is 11.6 Å². The maximum Gasteiger partial charge on any atom is 0.269 e. The Morgan fingerprint density at radius 2 is 1.93 bits per heavy atom. The van der Waals surface area contributed by atoms with Crippen molar-refractivity contribution in [3.8, 4) is 0 Å². The topological polar surface area (TPSA) is 128 Å². The lowest BCUT2D eigenvalue weighted by Gasteiger charge is -1.99. The number of non-ortho nitro benzene ring substituents is 1. The molecule has 9 nitrogen and oxygen atoms in total. The highest BCUT2D eigenvalue weighted by Crippen LogP contribution is 2.26. The molecule has 0 saturated carbocycles. The molecule has 0 fully saturated rings. The quantitative estimate of drug-likeness (QED) is 0.210. The lowest BCUT2D eigenvalue weighted by molar-refractivity contribution is -0.384. The molecule has 0 aliphatic rings. The molecule has 0 aliphatic carbocycles. The van der Waals surface area contributed by atoms with Crippen molar-refractivity contribution < 1.29 is 14.5 Å². The van der Waals surface area contributed by atoms with Crippen LogP contribution in [0.3, 0.4) is 0 Å². The predicted molar refractivity (Wildman–Crippen MR) is 100 cm³/mol. The highest BCUT2D eigenvalue weighted by Gasteiger charge is 2.13. The van der Waals surface area contributed by atoms with Gasteiger partial charge in [0.15, 0.2) is 10.1 Å². The third-order valence-electron chi connectivity index (χ3n) is 3.28. The number of benzene rings is 1. The number of amides is 1. The normalized spacial score (nSPS) is 10.4. The molecule has 0 radical (unpaired) electrons. The molecule has 2 heterocycles. The largest absolute Gasteiger partial charge is 0.296 e. The summed E-state index contributed by atoms with van der Waals surface area (Å²) in [6, 6.07) is 8.69. The summed E-state index contributed by atoms with van der Waals surface area (Å²) in [5.74, 6) is -0.438. The number of nitro groups is 1. The zero-order chi connectivity index (χ0) is 19.2. The van der Waals surface area contributed by atoms with Crippen molar-refractivity contribution in [2.45, 2.75) is 4.34 Å². The number of hydrogen-bond donors (Lipinski definition) is 1. The third-order valence-corrected chi connectivity index (χ3v) is 5.25. The van der Waals surface area contributed by atoms with E-state index in [1.54, 1.807) is 18.3 Å². The number of anilines is 1. The summed E-state index contributed by atoms with van der Waals surface area (Å²) in [6.45, 7) is 0. The van der Waals surface area contributed by atoms with Gasteiger partial charge in [-0.2, -0.15) is 0 Å². The van der Waals surface area contributed by atoms with Crippen LogP contribution < -0.4 is 5.32 Å². The van der Waals surface area contributed by atoms with Crippen LogP contribution in [-0.2, 0) is 0 Å². The van der Waals surface area contributed by atoms with E-state index < -0.39 is 4.92 Å². The summed E-state index contributed by atoms with van der Waals surface area (Å²) in [5.41, 5.74) is 0.704. The maximum atomic E-state index is 12.2. The monoisotopic (exact) mass is 401 g/mol. The number of rotatable bonds is 7. The summed E-state index contributed by atoms with van der Waals surface area (Å²) in [4.78, 5) is 38.2. The molecule has 0 spiro atoms. The minimum absolute atomic E-state index is 0.0719.